The Morgan fingerprint density at radius 2 is 2.33 bits per heavy atom. The number of carboxylic acid groups (broad SMARTS) is 1. The normalized spacial score (nSPS) is 9.33. The molecule has 3 N–H and O–H groups in total. The van der Waals surface area contributed by atoms with Gasteiger partial charge in [-0.05, 0) is 18.2 Å². The lowest BCUT2D eigenvalue weighted by Gasteiger charge is -1.98. The van der Waals surface area contributed by atoms with Gasteiger partial charge < -0.3 is 10.8 Å². The molecule has 0 unspecified atom stereocenters. The summed E-state index contributed by atoms with van der Waals surface area (Å²) in [5.74, 6) is -0.836. The molecule has 0 saturated heterocycles. The monoisotopic (exact) mass is 164 g/mol. The molecule has 62 valence electrons. The van der Waals surface area contributed by atoms with E-state index in [9.17, 15) is 4.79 Å². The van der Waals surface area contributed by atoms with Crippen molar-refractivity contribution >= 4 is 17.9 Å². The first-order valence-electron chi connectivity index (χ1n) is 3.27. The van der Waals surface area contributed by atoms with Gasteiger partial charge in [0.15, 0.2) is 0 Å². The second kappa shape index (κ2) is 3.04. The SMILES string of the molecule is C=Cc1cc(C(=O)O)cc(N)n1. The first-order chi connectivity index (χ1) is 5.63. The average Bonchev–Trinajstić information content (AvgIpc) is 2.03. The lowest BCUT2D eigenvalue weighted by atomic mass is 10.2. The third-order valence-corrected chi connectivity index (χ3v) is 1.32. The van der Waals surface area contributed by atoms with Gasteiger partial charge in [0, 0.05) is 0 Å². The molecule has 0 amide bonds. The molecule has 0 aliphatic rings. The Labute approximate surface area is 69.4 Å². The molecule has 0 radical (unpaired) electrons. The van der Waals surface area contributed by atoms with Gasteiger partial charge in [-0.1, -0.05) is 6.58 Å². The number of aromatic nitrogens is 1. The number of anilines is 1. The van der Waals surface area contributed by atoms with Crippen LogP contribution in [0.2, 0.25) is 0 Å². The molecule has 1 rings (SSSR count). The van der Waals surface area contributed by atoms with Crippen LogP contribution in [0.15, 0.2) is 18.7 Å². The topological polar surface area (TPSA) is 76.2 Å². The highest BCUT2D eigenvalue weighted by molar-refractivity contribution is 5.89. The second-order valence-corrected chi connectivity index (χ2v) is 2.21. The zero-order chi connectivity index (χ0) is 9.14. The molecule has 1 aromatic heterocycles. The summed E-state index contributed by atoms with van der Waals surface area (Å²) in [6.45, 7) is 3.46. The Morgan fingerprint density at radius 3 is 2.83 bits per heavy atom. The van der Waals surface area contributed by atoms with Crippen LogP contribution in [0, 0.1) is 0 Å². The second-order valence-electron chi connectivity index (χ2n) is 2.21. The van der Waals surface area contributed by atoms with E-state index in [1.807, 2.05) is 0 Å². The van der Waals surface area contributed by atoms with Gasteiger partial charge in [0.25, 0.3) is 0 Å². The maximum absolute atomic E-state index is 10.5. The molecule has 0 spiro atoms. The van der Waals surface area contributed by atoms with Crippen molar-refractivity contribution < 1.29 is 9.90 Å². The number of aromatic carboxylic acids is 1. The van der Waals surface area contributed by atoms with Crippen LogP contribution in [0.3, 0.4) is 0 Å². The summed E-state index contributed by atoms with van der Waals surface area (Å²) in [5, 5.41) is 8.61. The Hall–Kier alpha value is -1.84. The molecule has 0 aromatic carbocycles. The largest absolute Gasteiger partial charge is 0.478 e. The molecule has 0 aliphatic carbocycles. The van der Waals surface area contributed by atoms with E-state index in [2.05, 4.69) is 11.6 Å². The van der Waals surface area contributed by atoms with Crippen LogP contribution in [0.5, 0.6) is 0 Å². The fourth-order valence-electron chi connectivity index (χ4n) is 0.802. The van der Waals surface area contributed by atoms with Crippen molar-refractivity contribution in [3.63, 3.8) is 0 Å². The summed E-state index contributed by atoms with van der Waals surface area (Å²) in [6, 6.07) is 2.71. The van der Waals surface area contributed by atoms with Crippen molar-refractivity contribution in [3.05, 3.63) is 30.0 Å². The zero-order valence-corrected chi connectivity index (χ0v) is 6.32. The number of rotatable bonds is 2. The fourth-order valence-corrected chi connectivity index (χ4v) is 0.802. The molecule has 12 heavy (non-hydrogen) atoms. The molecule has 0 aliphatic heterocycles. The standard InChI is InChI=1S/C8H8N2O2/c1-2-6-3-5(8(11)12)4-7(9)10-6/h2-4H,1H2,(H2,9,10)(H,11,12). The van der Waals surface area contributed by atoms with Gasteiger partial charge >= 0.3 is 5.97 Å². The number of nitrogen functional groups attached to an aromatic ring is 1. The number of carboxylic acids is 1. The van der Waals surface area contributed by atoms with Crippen molar-refractivity contribution in [1.29, 1.82) is 0 Å². The van der Waals surface area contributed by atoms with Crippen molar-refractivity contribution in [2.75, 3.05) is 5.73 Å². The van der Waals surface area contributed by atoms with E-state index in [1.54, 1.807) is 0 Å². The predicted octanol–water partition coefficient (Wildman–Crippen LogP) is 1.00. The number of nitrogens with zero attached hydrogens (tertiary/aromatic N) is 1. The zero-order valence-electron chi connectivity index (χ0n) is 6.32. The van der Waals surface area contributed by atoms with Crippen LogP contribution in [0.4, 0.5) is 5.82 Å². The smallest absolute Gasteiger partial charge is 0.335 e. The first-order valence-corrected chi connectivity index (χ1v) is 3.27. The van der Waals surface area contributed by atoms with E-state index >= 15 is 0 Å². The van der Waals surface area contributed by atoms with Crippen molar-refractivity contribution in [2.24, 2.45) is 0 Å². The highest BCUT2D eigenvalue weighted by Gasteiger charge is 2.04. The molecule has 4 nitrogen and oxygen atoms in total. The molecule has 0 saturated carbocycles. The van der Waals surface area contributed by atoms with Crippen LogP contribution in [-0.2, 0) is 0 Å². The summed E-state index contributed by atoms with van der Waals surface area (Å²) in [4.78, 5) is 14.3. The average molecular weight is 164 g/mol. The van der Waals surface area contributed by atoms with Crippen LogP contribution in [0.1, 0.15) is 16.1 Å². The van der Waals surface area contributed by atoms with Crippen molar-refractivity contribution in [1.82, 2.24) is 4.98 Å². The maximum atomic E-state index is 10.5. The van der Waals surface area contributed by atoms with Gasteiger partial charge in [-0.15, -0.1) is 0 Å². The molecule has 0 fully saturated rings. The molecular weight excluding hydrogens is 156 g/mol. The highest BCUT2D eigenvalue weighted by atomic mass is 16.4. The molecule has 1 heterocycles. The number of carbonyl (C=O) groups is 1. The third-order valence-electron chi connectivity index (χ3n) is 1.32. The Balaban J connectivity index is 3.23. The lowest BCUT2D eigenvalue weighted by Crippen LogP contribution is -2.01. The predicted molar refractivity (Wildman–Crippen MR) is 45.7 cm³/mol. The molecule has 1 aromatic rings. The molecular formula is C8H8N2O2. The van der Waals surface area contributed by atoms with Gasteiger partial charge in [-0.25, -0.2) is 9.78 Å². The Morgan fingerprint density at radius 1 is 1.67 bits per heavy atom. The highest BCUT2D eigenvalue weighted by Crippen LogP contribution is 2.08. The summed E-state index contributed by atoms with van der Waals surface area (Å²) < 4.78 is 0. The Kier molecular flexibility index (Phi) is 2.09. The number of hydrogen-bond acceptors (Lipinski definition) is 3. The third kappa shape index (κ3) is 1.60. The summed E-state index contributed by atoms with van der Waals surface area (Å²) >= 11 is 0. The quantitative estimate of drug-likeness (QED) is 0.683. The van der Waals surface area contributed by atoms with E-state index < -0.39 is 5.97 Å². The minimum atomic E-state index is -1.02. The van der Waals surface area contributed by atoms with Gasteiger partial charge in [-0.3, -0.25) is 0 Å². The minimum Gasteiger partial charge on any atom is -0.478 e. The minimum absolute atomic E-state index is 0.123. The molecule has 0 atom stereocenters. The molecule has 4 heteroatoms. The van der Waals surface area contributed by atoms with Gasteiger partial charge in [0.05, 0.1) is 11.3 Å². The van der Waals surface area contributed by atoms with Crippen LogP contribution < -0.4 is 5.73 Å². The summed E-state index contributed by atoms with van der Waals surface area (Å²) in [6.07, 6.45) is 1.45. The number of nitrogens with two attached hydrogens (primary N) is 1. The first kappa shape index (κ1) is 8.26. The van der Waals surface area contributed by atoms with E-state index in [4.69, 9.17) is 10.8 Å². The van der Waals surface area contributed by atoms with Gasteiger partial charge in [0.1, 0.15) is 5.82 Å². The van der Waals surface area contributed by atoms with E-state index in [0.717, 1.165) is 0 Å². The summed E-state index contributed by atoms with van der Waals surface area (Å²) in [5.41, 5.74) is 5.94. The fraction of sp³-hybridized carbons (Fsp3) is 0. The Bertz CT molecular complexity index is 334. The summed E-state index contributed by atoms with van der Waals surface area (Å²) in [7, 11) is 0. The van der Waals surface area contributed by atoms with Crippen molar-refractivity contribution in [2.45, 2.75) is 0 Å². The number of hydrogen-bond donors (Lipinski definition) is 2. The molecule has 0 bridgehead atoms. The number of pyridine rings is 1. The van der Waals surface area contributed by atoms with Gasteiger partial charge in [-0.2, -0.15) is 0 Å². The van der Waals surface area contributed by atoms with Crippen molar-refractivity contribution in [3.8, 4) is 0 Å². The van der Waals surface area contributed by atoms with Crippen LogP contribution in [0.25, 0.3) is 6.08 Å². The lowest BCUT2D eigenvalue weighted by molar-refractivity contribution is 0.0697. The maximum Gasteiger partial charge on any atom is 0.335 e. The van der Waals surface area contributed by atoms with E-state index in [-0.39, 0.29) is 11.4 Å². The van der Waals surface area contributed by atoms with Crippen LogP contribution in [-0.4, -0.2) is 16.1 Å². The van der Waals surface area contributed by atoms with E-state index in [1.165, 1.54) is 18.2 Å². The van der Waals surface area contributed by atoms with Crippen LogP contribution >= 0.6 is 0 Å². The van der Waals surface area contributed by atoms with Gasteiger partial charge in [0.2, 0.25) is 0 Å². The van der Waals surface area contributed by atoms with E-state index in [0.29, 0.717) is 5.69 Å².